The lowest BCUT2D eigenvalue weighted by atomic mass is 10.2. The van der Waals surface area contributed by atoms with Crippen molar-refractivity contribution in [3.63, 3.8) is 0 Å². The summed E-state index contributed by atoms with van der Waals surface area (Å²) in [6, 6.07) is 0.407. The van der Waals surface area contributed by atoms with E-state index in [1.165, 1.54) is 18.4 Å². The summed E-state index contributed by atoms with van der Waals surface area (Å²) in [4.78, 5) is 5.64. The van der Waals surface area contributed by atoms with Gasteiger partial charge in [-0.2, -0.15) is 24.9 Å². The van der Waals surface area contributed by atoms with Gasteiger partial charge in [0.25, 0.3) is 0 Å². The van der Waals surface area contributed by atoms with E-state index in [0.717, 1.165) is 25.1 Å². The summed E-state index contributed by atoms with van der Waals surface area (Å²) >= 11 is 2.00. The van der Waals surface area contributed by atoms with Gasteiger partial charge in [0.2, 0.25) is 0 Å². The zero-order chi connectivity index (χ0) is 17.3. The molecule has 4 nitrogen and oxygen atoms in total. The van der Waals surface area contributed by atoms with Crippen LogP contribution in [0.15, 0.2) is 4.99 Å². The van der Waals surface area contributed by atoms with E-state index in [4.69, 9.17) is 0 Å². The van der Waals surface area contributed by atoms with Gasteiger partial charge >= 0.3 is 6.18 Å². The normalized spacial score (nSPS) is 22.7. The smallest absolute Gasteiger partial charge is 0.357 e. The van der Waals surface area contributed by atoms with E-state index in [0.29, 0.717) is 23.8 Å². The molecule has 0 bridgehead atoms. The zero-order valence-corrected chi connectivity index (χ0v) is 15.1. The molecule has 1 rings (SSSR count). The molecule has 2 N–H and O–H groups in total. The Balaban J connectivity index is 2.38. The fourth-order valence-electron chi connectivity index (χ4n) is 2.69. The number of aliphatic imine (C=N–C) groups is 1. The molecule has 0 saturated heterocycles. The SMILES string of the molecule is CCNC(=NCCN(C)CC(F)(F)F)NC1CCC(SCC)C1. The third-order valence-corrected chi connectivity index (χ3v) is 4.91. The minimum atomic E-state index is -4.16. The number of hydrogen-bond acceptors (Lipinski definition) is 3. The number of guanidine groups is 1. The number of nitrogens with zero attached hydrogens (tertiary/aromatic N) is 2. The first-order valence-electron chi connectivity index (χ1n) is 8.25. The van der Waals surface area contributed by atoms with Gasteiger partial charge in [0.05, 0.1) is 13.1 Å². The van der Waals surface area contributed by atoms with Gasteiger partial charge in [-0.25, -0.2) is 0 Å². The minimum Gasteiger partial charge on any atom is -0.357 e. The molecule has 136 valence electrons. The summed E-state index contributed by atoms with van der Waals surface area (Å²) < 4.78 is 36.8. The van der Waals surface area contributed by atoms with Crippen molar-refractivity contribution in [1.82, 2.24) is 15.5 Å². The highest BCUT2D eigenvalue weighted by atomic mass is 32.2. The highest BCUT2D eigenvalue weighted by Gasteiger charge is 2.29. The number of hydrogen-bond donors (Lipinski definition) is 2. The molecule has 8 heteroatoms. The molecule has 0 amide bonds. The van der Waals surface area contributed by atoms with Crippen LogP contribution in [-0.4, -0.2) is 67.3 Å². The molecular weight excluding hydrogens is 325 g/mol. The van der Waals surface area contributed by atoms with Crippen LogP contribution in [-0.2, 0) is 0 Å². The van der Waals surface area contributed by atoms with Crippen molar-refractivity contribution in [2.24, 2.45) is 4.99 Å². The van der Waals surface area contributed by atoms with Crippen LogP contribution in [0.1, 0.15) is 33.1 Å². The van der Waals surface area contributed by atoms with E-state index < -0.39 is 12.7 Å². The van der Waals surface area contributed by atoms with Crippen molar-refractivity contribution >= 4 is 17.7 Å². The van der Waals surface area contributed by atoms with Crippen molar-refractivity contribution in [1.29, 1.82) is 0 Å². The molecule has 1 aliphatic rings. The quantitative estimate of drug-likeness (QED) is 0.519. The van der Waals surface area contributed by atoms with Crippen LogP contribution < -0.4 is 10.6 Å². The summed E-state index contributed by atoms with van der Waals surface area (Å²) in [6.45, 7) is 4.64. The maximum atomic E-state index is 12.3. The van der Waals surface area contributed by atoms with Crippen molar-refractivity contribution < 1.29 is 13.2 Å². The fraction of sp³-hybridized carbons (Fsp3) is 0.933. The predicted molar refractivity (Wildman–Crippen MR) is 92.2 cm³/mol. The largest absolute Gasteiger partial charge is 0.401 e. The van der Waals surface area contributed by atoms with Gasteiger partial charge in [-0.15, -0.1) is 0 Å². The summed E-state index contributed by atoms with van der Waals surface area (Å²) in [5.41, 5.74) is 0. The number of alkyl halides is 3. The van der Waals surface area contributed by atoms with Crippen LogP contribution in [0.2, 0.25) is 0 Å². The van der Waals surface area contributed by atoms with Crippen molar-refractivity contribution in [2.75, 3.05) is 39.0 Å². The second-order valence-electron chi connectivity index (χ2n) is 5.85. The number of thioether (sulfide) groups is 1. The molecule has 1 saturated carbocycles. The average Bonchev–Trinajstić information content (AvgIpc) is 2.84. The predicted octanol–water partition coefficient (Wildman–Crippen LogP) is 2.71. The van der Waals surface area contributed by atoms with Crippen LogP contribution >= 0.6 is 11.8 Å². The Labute approximate surface area is 141 Å². The van der Waals surface area contributed by atoms with Gasteiger partial charge < -0.3 is 10.6 Å². The molecule has 23 heavy (non-hydrogen) atoms. The van der Waals surface area contributed by atoms with Crippen molar-refractivity contribution in [3.8, 4) is 0 Å². The summed E-state index contributed by atoms with van der Waals surface area (Å²) in [7, 11) is 1.47. The summed E-state index contributed by atoms with van der Waals surface area (Å²) in [5, 5.41) is 7.29. The minimum absolute atomic E-state index is 0.287. The number of nitrogens with one attached hydrogen (secondary N) is 2. The van der Waals surface area contributed by atoms with E-state index in [2.05, 4.69) is 22.5 Å². The number of likely N-dealkylation sites (N-methyl/N-ethyl adjacent to an activating group) is 1. The third kappa shape index (κ3) is 9.30. The molecular formula is C15H29F3N4S. The van der Waals surface area contributed by atoms with E-state index in [9.17, 15) is 13.2 Å². The van der Waals surface area contributed by atoms with Gasteiger partial charge in [0.1, 0.15) is 0 Å². The van der Waals surface area contributed by atoms with Gasteiger partial charge in [0.15, 0.2) is 5.96 Å². The molecule has 0 heterocycles. The molecule has 0 spiro atoms. The van der Waals surface area contributed by atoms with Crippen LogP contribution in [0.25, 0.3) is 0 Å². The molecule has 0 aromatic heterocycles. The maximum absolute atomic E-state index is 12.3. The van der Waals surface area contributed by atoms with Gasteiger partial charge in [-0.05, 0) is 39.0 Å². The molecule has 0 aromatic rings. The highest BCUT2D eigenvalue weighted by Crippen LogP contribution is 2.29. The zero-order valence-electron chi connectivity index (χ0n) is 14.2. The molecule has 2 unspecified atom stereocenters. The lowest BCUT2D eigenvalue weighted by Crippen LogP contribution is -2.43. The van der Waals surface area contributed by atoms with Gasteiger partial charge in [0, 0.05) is 24.4 Å². The average molecular weight is 354 g/mol. The van der Waals surface area contributed by atoms with E-state index in [1.807, 2.05) is 18.7 Å². The van der Waals surface area contributed by atoms with Gasteiger partial charge in [-0.3, -0.25) is 9.89 Å². The molecule has 1 aliphatic carbocycles. The standard InChI is InChI=1S/C15H29F3N4S/c1-4-19-14(20-8-9-22(3)11-15(16,17)18)21-12-6-7-13(10-12)23-5-2/h12-13H,4-11H2,1-3H3,(H2,19,20,21). The highest BCUT2D eigenvalue weighted by molar-refractivity contribution is 7.99. The van der Waals surface area contributed by atoms with E-state index >= 15 is 0 Å². The van der Waals surface area contributed by atoms with E-state index in [1.54, 1.807) is 0 Å². The Bertz CT molecular complexity index is 363. The maximum Gasteiger partial charge on any atom is 0.401 e. The molecule has 2 atom stereocenters. The van der Waals surface area contributed by atoms with Gasteiger partial charge in [-0.1, -0.05) is 6.92 Å². The summed E-state index contributed by atoms with van der Waals surface area (Å²) in [6.07, 6.45) is -0.701. The lowest BCUT2D eigenvalue weighted by molar-refractivity contribution is -0.142. The number of halogens is 3. The molecule has 1 fully saturated rings. The topological polar surface area (TPSA) is 39.7 Å². The summed E-state index contributed by atoms with van der Waals surface area (Å²) in [5.74, 6) is 1.84. The Morgan fingerprint density at radius 1 is 1.30 bits per heavy atom. The Morgan fingerprint density at radius 2 is 2.04 bits per heavy atom. The monoisotopic (exact) mass is 354 g/mol. The third-order valence-electron chi connectivity index (χ3n) is 3.67. The Hall–Kier alpha value is -0.630. The molecule has 0 aliphatic heterocycles. The fourth-order valence-corrected chi connectivity index (χ4v) is 3.83. The van der Waals surface area contributed by atoms with Crippen LogP contribution in [0, 0.1) is 0 Å². The Kier molecular flexibility index (Phi) is 9.12. The van der Waals surface area contributed by atoms with Crippen LogP contribution in [0.5, 0.6) is 0 Å². The number of rotatable bonds is 8. The first kappa shape index (κ1) is 20.4. The molecule has 0 radical (unpaired) electrons. The van der Waals surface area contributed by atoms with E-state index in [-0.39, 0.29) is 6.54 Å². The van der Waals surface area contributed by atoms with Crippen molar-refractivity contribution in [3.05, 3.63) is 0 Å². The first-order chi connectivity index (χ1) is 10.8. The molecule has 0 aromatic carbocycles. The first-order valence-corrected chi connectivity index (χ1v) is 9.30. The van der Waals surface area contributed by atoms with Crippen LogP contribution in [0.4, 0.5) is 13.2 Å². The van der Waals surface area contributed by atoms with Crippen molar-refractivity contribution in [2.45, 2.75) is 50.6 Å². The lowest BCUT2D eigenvalue weighted by Gasteiger charge is -2.19. The second kappa shape index (κ2) is 10.3. The second-order valence-corrected chi connectivity index (χ2v) is 7.42. The van der Waals surface area contributed by atoms with Crippen LogP contribution in [0.3, 0.4) is 0 Å². The Morgan fingerprint density at radius 3 is 2.65 bits per heavy atom.